The minimum absolute atomic E-state index is 0.122. The van der Waals surface area contributed by atoms with Crippen molar-refractivity contribution in [1.82, 2.24) is 0 Å². The van der Waals surface area contributed by atoms with E-state index in [4.69, 9.17) is 14.2 Å². The summed E-state index contributed by atoms with van der Waals surface area (Å²) in [7, 11) is 0. The molecule has 0 fully saturated rings. The van der Waals surface area contributed by atoms with E-state index in [-0.39, 0.29) is 6.10 Å². The highest BCUT2D eigenvalue weighted by molar-refractivity contribution is 5.10. The molecule has 0 aliphatic carbocycles. The van der Waals surface area contributed by atoms with Crippen molar-refractivity contribution in [1.29, 1.82) is 0 Å². The van der Waals surface area contributed by atoms with Crippen LogP contribution in [0.4, 0.5) is 0 Å². The Labute approximate surface area is 410 Å². The molecule has 0 N–H and O–H groups in total. The summed E-state index contributed by atoms with van der Waals surface area (Å²) in [5, 5.41) is 0. The van der Waals surface area contributed by atoms with Crippen molar-refractivity contribution >= 4 is 0 Å². The second kappa shape index (κ2) is 41.9. The number of rotatable bonds is 38. The van der Waals surface area contributed by atoms with Crippen molar-refractivity contribution in [2.45, 2.75) is 226 Å². The molecule has 0 amide bonds. The van der Waals surface area contributed by atoms with Crippen LogP contribution in [0.3, 0.4) is 0 Å². The van der Waals surface area contributed by atoms with Gasteiger partial charge in [0.2, 0.25) is 0 Å². The minimum atomic E-state index is -0.122. The molecule has 3 heteroatoms. The molecule has 0 aromatic carbocycles. The Kier molecular flexibility index (Phi) is 39.9. The molecule has 0 spiro atoms. The van der Waals surface area contributed by atoms with E-state index in [1.165, 1.54) is 66.9 Å². The third kappa shape index (κ3) is 43.3. The first-order valence-corrected chi connectivity index (χ1v) is 26.0. The molecule has 0 unspecified atom stereocenters. The fourth-order valence-corrected chi connectivity index (χ4v) is 7.23. The molecular weight excluding hydrogens is 805 g/mol. The van der Waals surface area contributed by atoms with E-state index in [0.29, 0.717) is 33.0 Å². The van der Waals surface area contributed by atoms with Gasteiger partial charge in [0.25, 0.3) is 0 Å². The van der Waals surface area contributed by atoms with Crippen LogP contribution in [0.25, 0.3) is 0 Å². The normalized spacial score (nSPS) is 14.5. The van der Waals surface area contributed by atoms with Crippen molar-refractivity contribution in [2.24, 2.45) is 0 Å². The summed E-state index contributed by atoms with van der Waals surface area (Å²) in [6.45, 7) is 36.1. The van der Waals surface area contributed by atoms with E-state index >= 15 is 0 Å². The standard InChI is InChI=1S/C63H104O3/c1-51(2)25-16-28-54(7)31-19-34-57(10)37-22-40-60(13)43-46-64-49-63(66-48-45-62(15)42-24-39-59(12)36-21-33-56(9)30-18-27-53(5)6)50-65-47-44-61(14)41-23-38-58(11)35-20-32-55(8)29-17-26-52(3)4/h25-27,31-33,37-39,43-45,63H,16-24,28-30,34-36,40-42,46-50H2,1-15H3. The molecule has 0 aliphatic rings. The van der Waals surface area contributed by atoms with Gasteiger partial charge in [-0.25, -0.2) is 0 Å². The van der Waals surface area contributed by atoms with E-state index in [2.05, 4.69) is 177 Å². The second-order valence-electron chi connectivity index (χ2n) is 20.2. The van der Waals surface area contributed by atoms with Crippen molar-refractivity contribution in [2.75, 3.05) is 33.0 Å². The smallest absolute Gasteiger partial charge is 0.105 e. The molecule has 0 radical (unpaired) electrons. The van der Waals surface area contributed by atoms with Crippen LogP contribution in [-0.4, -0.2) is 39.1 Å². The van der Waals surface area contributed by atoms with E-state index in [1.807, 2.05) is 0 Å². The first-order chi connectivity index (χ1) is 31.5. The largest absolute Gasteiger partial charge is 0.375 e. The lowest BCUT2D eigenvalue weighted by Crippen LogP contribution is -2.26. The molecule has 0 aromatic heterocycles. The average Bonchev–Trinajstić information content (AvgIpc) is 3.23. The fraction of sp³-hybridized carbons (Fsp3) is 0.619. The summed E-state index contributed by atoms with van der Waals surface area (Å²) in [4.78, 5) is 0. The summed E-state index contributed by atoms with van der Waals surface area (Å²) in [5.74, 6) is 0. The SMILES string of the molecule is CC(C)=CCCC(C)=CCCC(C)=CCCC(C)=CCOCC(COCC=C(C)CCC=C(C)CCC=C(C)CCC=C(C)C)OCC=C(C)CCC=C(C)CCC=C(C)CCC=C(C)C. The zero-order valence-electron chi connectivity index (χ0n) is 46.0. The first-order valence-electron chi connectivity index (χ1n) is 26.0. The van der Waals surface area contributed by atoms with Gasteiger partial charge in [-0.15, -0.1) is 0 Å². The van der Waals surface area contributed by atoms with Gasteiger partial charge in [-0.1, -0.05) is 140 Å². The zero-order valence-corrected chi connectivity index (χ0v) is 46.0. The van der Waals surface area contributed by atoms with Gasteiger partial charge >= 0.3 is 0 Å². The van der Waals surface area contributed by atoms with Crippen LogP contribution in [0, 0.1) is 0 Å². The van der Waals surface area contributed by atoms with Gasteiger partial charge in [0.1, 0.15) is 6.10 Å². The molecule has 0 rings (SSSR count). The van der Waals surface area contributed by atoms with Crippen LogP contribution in [0.5, 0.6) is 0 Å². The molecule has 0 heterocycles. The Balaban J connectivity index is 5.12. The van der Waals surface area contributed by atoms with Crippen LogP contribution in [-0.2, 0) is 14.2 Å². The molecule has 0 aromatic rings. The van der Waals surface area contributed by atoms with E-state index < -0.39 is 0 Å². The lowest BCUT2D eigenvalue weighted by Gasteiger charge is -2.17. The molecule has 66 heavy (non-hydrogen) atoms. The van der Waals surface area contributed by atoms with Gasteiger partial charge in [0.05, 0.1) is 33.0 Å². The maximum absolute atomic E-state index is 6.38. The highest BCUT2D eigenvalue weighted by Gasteiger charge is 2.10. The molecule has 0 atom stereocenters. The lowest BCUT2D eigenvalue weighted by molar-refractivity contribution is -0.0431. The average molecular weight is 910 g/mol. The Morgan fingerprint density at radius 3 is 0.682 bits per heavy atom. The molecule has 0 aliphatic heterocycles. The Morgan fingerprint density at radius 2 is 0.455 bits per heavy atom. The Morgan fingerprint density at radius 1 is 0.258 bits per heavy atom. The molecular formula is C63H104O3. The summed E-state index contributed by atoms with van der Waals surface area (Å²) < 4.78 is 18.8. The monoisotopic (exact) mass is 909 g/mol. The lowest BCUT2D eigenvalue weighted by atomic mass is 10.0. The minimum Gasteiger partial charge on any atom is -0.375 e. The number of hydrogen-bond donors (Lipinski definition) is 0. The number of hydrogen-bond acceptors (Lipinski definition) is 3. The maximum Gasteiger partial charge on any atom is 0.105 e. The van der Waals surface area contributed by atoms with Crippen molar-refractivity contribution in [3.8, 4) is 0 Å². The Bertz CT molecular complexity index is 1590. The molecule has 0 saturated carbocycles. The van der Waals surface area contributed by atoms with E-state index in [9.17, 15) is 0 Å². The third-order valence-electron chi connectivity index (χ3n) is 11.9. The third-order valence-corrected chi connectivity index (χ3v) is 11.9. The van der Waals surface area contributed by atoms with Crippen LogP contribution < -0.4 is 0 Å². The van der Waals surface area contributed by atoms with Crippen LogP contribution in [0.15, 0.2) is 140 Å². The fourth-order valence-electron chi connectivity index (χ4n) is 7.23. The van der Waals surface area contributed by atoms with Gasteiger partial charge in [0, 0.05) is 0 Å². The maximum atomic E-state index is 6.38. The van der Waals surface area contributed by atoms with Gasteiger partial charge in [-0.05, 0) is 219 Å². The first kappa shape index (κ1) is 62.8. The topological polar surface area (TPSA) is 27.7 Å². The molecule has 0 bridgehead atoms. The molecule has 0 saturated heterocycles. The second-order valence-corrected chi connectivity index (χ2v) is 20.2. The van der Waals surface area contributed by atoms with Crippen molar-refractivity contribution < 1.29 is 14.2 Å². The summed E-state index contributed by atoms with van der Waals surface area (Å²) >= 11 is 0. The summed E-state index contributed by atoms with van der Waals surface area (Å²) in [5.41, 5.74) is 17.3. The summed E-state index contributed by atoms with van der Waals surface area (Å²) in [6.07, 6.45) is 48.2. The quantitative estimate of drug-likeness (QED) is 0.0456. The molecule has 3 nitrogen and oxygen atoms in total. The van der Waals surface area contributed by atoms with E-state index in [1.54, 1.807) is 0 Å². The van der Waals surface area contributed by atoms with Gasteiger partial charge in [-0.2, -0.15) is 0 Å². The number of allylic oxidation sites excluding steroid dienone is 21. The summed E-state index contributed by atoms with van der Waals surface area (Å²) in [6, 6.07) is 0. The van der Waals surface area contributed by atoms with Gasteiger partial charge in [0.15, 0.2) is 0 Å². The molecule has 374 valence electrons. The Hall–Kier alpha value is -3.24. The van der Waals surface area contributed by atoms with Crippen LogP contribution in [0.1, 0.15) is 219 Å². The number of ether oxygens (including phenoxy) is 3. The van der Waals surface area contributed by atoms with Gasteiger partial charge < -0.3 is 14.2 Å². The predicted molar refractivity (Wildman–Crippen MR) is 297 cm³/mol. The van der Waals surface area contributed by atoms with Crippen LogP contribution in [0.2, 0.25) is 0 Å². The zero-order chi connectivity index (χ0) is 49.4. The highest BCUT2D eigenvalue weighted by atomic mass is 16.6. The van der Waals surface area contributed by atoms with Gasteiger partial charge in [-0.3, -0.25) is 0 Å². The highest BCUT2D eigenvalue weighted by Crippen LogP contribution is 2.17. The predicted octanol–water partition coefficient (Wildman–Crippen LogP) is 19.8. The van der Waals surface area contributed by atoms with Crippen molar-refractivity contribution in [3.05, 3.63) is 140 Å². The van der Waals surface area contributed by atoms with E-state index in [0.717, 1.165) is 116 Å². The van der Waals surface area contributed by atoms with Crippen molar-refractivity contribution in [3.63, 3.8) is 0 Å². The van der Waals surface area contributed by atoms with Crippen LogP contribution >= 0.6 is 0 Å².